The highest BCUT2D eigenvalue weighted by atomic mass is 32.2. The molecule has 2 aliphatic heterocycles. The van der Waals surface area contributed by atoms with Gasteiger partial charge in [0.15, 0.2) is 0 Å². The summed E-state index contributed by atoms with van der Waals surface area (Å²) in [6.07, 6.45) is 1.46. The number of carbonyl (C=O) groups is 1. The monoisotopic (exact) mass is 371 g/mol. The van der Waals surface area contributed by atoms with Crippen LogP contribution in [0.15, 0.2) is 34.9 Å². The van der Waals surface area contributed by atoms with Gasteiger partial charge >= 0.3 is 0 Å². The zero-order chi connectivity index (χ0) is 18.7. The number of fused-ring (bicyclic) bond motifs is 1. The molecule has 1 fully saturated rings. The molecule has 5 nitrogen and oxygen atoms in total. The number of ether oxygens (including phenoxy) is 1. The number of amides is 1. The van der Waals surface area contributed by atoms with Crippen molar-refractivity contribution in [2.24, 2.45) is 5.92 Å². The first-order valence-electron chi connectivity index (χ1n) is 8.97. The van der Waals surface area contributed by atoms with Crippen LogP contribution in [-0.4, -0.2) is 41.9 Å². The Morgan fingerprint density at radius 1 is 1.35 bits per heavy atom. The molecule has 3 rings (SSSR count). The van der Waals surface area contributed by atoms with E-state index in [2.05, 4.69) is 24.8 Å². The molecule has 2 heterocycles. The molecule has 2 aliphatic rings. The van der Waals surface area contributed by atoms with E-state index in [-0.39, 0.29) is 11.8 Å². The smallest absolute Gasteiger partial charge is 0.229 e. The molecule has 0 aliphatic carbocycles. The zero-order valence-electron chi connectivity index (χ0n) is 15.6. The first kappa shape index (κ1) is 18.8. The van der Waals surface area contributed by atoms with Gasteiger partial charge in [0.05, 0.1) is 36.3 Å². The second kappa shape index (κ2) is 8.15. The van der Waals surface area contributed by atoms with Gasteiger partial charge in [0.2, 0.25) is 5.91 Å². The summed E-state index contributed by atoms with van der Waals surface area (Å²) >= 11 is 1.61. The van der Waals surface area contributed by atoms with Crippen molar-refractivity contribution in [1.29, 1.82) is 5.26 Å². The van der Waals surface area contributed by atoms with Gasteiger partial charge in [-0.05, 0) is 30.0 Å². The Morgan fingerprint density at radius 2 is 2.08 bits per heavy atom. The molecular weight excluding hydrogens is 346 g/mol. The second-order valence-corrected chi connectivity index (χ2v) is 8.11. The van der Waals surface area contributed by atoms with Crippen LogP contribution in [0.3, 0.4) is 0 Å². The van der Waals surface area contributed by atoms with Gasteiger partial charge in [-0.25, -0.2) is 0 Å². The minimum Gasteiger partial charge on any atom is -0.497 e. The molecule has 0 spiro atoms. The molecule has 138 valence electrons. The van der Waals surface area contributed by atoms with Crippen molar-refractivity contribution < 1.29 is 9.53 Å². The van der Waals surface area contributed by atoms with Gasteiger partial charge in [0.1, 0.15) is 5.75 Å². The topological polar surface area (TPSA) is 56.6 Å². The van der Waals surface area contributed by atoms with E-state index in [1.54, 1.807) is 23.8 Å². The lowest BCUT2D eigenvalue weighted by molar-refractivity contribution is -0.131. The number of allylic oxidation sites excluding steroid dienone is 1. The summed E-state index contributed by atoms with van der Waals surface area (Å²) in [7, 11) is 1.63. The number of hydrogen-bond acceptors (Lipinski definition) is 5. The maximum absolute atomic E-state index is 12.8. The number of rotatable bonds is 5. The molecule has 0 aromatic heterocycles. The van der Waals surface area contributed by atoms with E-state index in [4.69, 9.17) is 4.74 Å². The number of thioether (sulfide) groups is 1. The average molecular weight is 372 g/mol. The van der Waals surface area contributed by atoms with Crippen LogP contribution in [0.1, 0.15) is 38.2 Å². The first-order chi connectivity index (χ1) is 12.5. The lowest BCUT2D eigenvalue weighted by Gasteiger charge is -2.41. The Kier molecular flexibility index (Phi) is 5.90. The number of nitrogens with zero attached hydrogens (tertiary/aromatic N) is 3. The fourth-order valence-corrected chi connectivity index (χ4v) is 4.48. The third-order valence-electron chi connectivity index (χ3n) is 4.89. The number of hydrogen-bond donors (Lipinski definition) is 0. The van der Waals surface area contributed by atoms with Crippen LogP contribution in [-0.2, 0) is 4.79 Å². The Morgan fingerprint density at radius 3 is 2.69 bits per heavy atom. The Labute approximate surface area is 159 Å². The molecule has 0 N–H and O–H groups in total. The predicted octanol–water partition coefficient (Wildman–Crippen LogP) is 3.76. The quantitative estimate of drug-likeness (QED) is 0.789. The Hall–Kier alpha value is -1.97. The second-order valence-electron chi connectivity index (χ2n) is 7.17. The van der Waals surface area contributed by atoms with Crippen molar-refractivity contribution in [3.05, 3.63) is 40.4 Å². The third kappa shape index (κ3) is 3.89. The lowest BCUT2D eigenvalue weighted by Crippen LogP contribution is -2.47. The summed E-state index contributed by atoms with van der Waals surface area (Å²) < 4.78 is 5.21. The van der Waals surface area contributed by atoms with E-state index in [0.717, 1.165) is 35.2 Å². The van der Waals surface area contributed by atoms with Gasteiger partial charge in [-0.3, -0.25) is 14.6 Å². The summed E-state index contributed by atoms with van der Waals surface area (Å²) in [4.78, 5) is 16.9. The van der Waals surface area contributed by atoms with Gasteiger partial charge in [-0.1, -0.05) is 37.7 Å². The molecule has 1 aromatic rings. The minimum atomic E-state index is -0.167. The van der Waals surface area contributed by atoms with Crippen LogP contribution < -0.4 is 4.74 Å². The normalized spacial score (nSPS) is 21.0. The molecule has 6 heteroatoms. The van der Waals surface area contributed by atoms with Gasteiger partial charge in [0.25, 0.3) is 0 Å². The molecule has 0 unspecified atom stereocenters. The number of nitriles is 1. The third-order valence-corrected chi connectivity index (χ3v) is 6.10. The van der Waals surface area contributed by atoms with Gasteiger partial charge in [0, 0.05) is 18.9 Å². The predicted molar refractivity (Wildman–Crippen MR) is 103 cm³/mol. The van der Waals surface area contributed by atoms with Gasteiger partial charge < -0.3 is 4.74 Å². The van der Waals surface area contributed by atoms with Gasteiger partial charge in [-0.2, -0.15) is 5.26 Å². The molecule has 0 saturated carbocycles. The van der Waals surface area contributed by atoms with Crippen LogP contribution >= 0.6 is 11.8 Å². The molecule has 1 amide bonds. The Balaban J connectivity index is 1.83. The van der Waals surface area contributed by atoms with Gasteiger partial charge in [-0.15, -0.1) is 0 Å². The van der Waals surface area contributed by atoms with Crippen LogP contribution in [0.5, 0.6) is 5.75 Å². The van der Waals surface area contributed by atoms with E-state index in [9.17, 15) is 10.1 Å². The number of methoxy groups -OCH3 is 1. The van der Waals surface area contributed by atoms with E-state index in [1.807, 2.05) is 24.3 Å². The van der Waals surface area contributed by atoms with Crippen molar-refractivity contribution in [2.45, 2.75) is 32.6 Å². The molecule has 1 saturated heterocycles. The highest BCUT2D eigenvalue weighted by Gasteiger charge is 2.38. The fourth-order valence-electron chi connectivity index (χ4n) is 3.31. The van der Waals surface area contributed by atoms with Crippen molar-refractivity contribution in [3.63, 3.8) is 0 Å². The van der Waals surface area contributed by atoms with Crippen molar-refractivity contribution in [2.75, 3.05) is 26.2 Å². The maximum atomic E-state index is 12.8. The highest BCUT2D eigenvalue weighted by molar-refractivity contribution is 8.03. The molecule has 0 radical (unpaired) electrons. The van der Waals surface area contributed by atoms with Crippen LogP contribution in [0.25, 0.3) is 0 Å². The highest BCUT2D eigenvalue weighted by Crippen LogP contribution is 2.42. The summed E-state index contributed by atoms with van der Waals surface area (Å²) in [5.74, 6) is 2.17. The zero-order valence-corrected chi connectivity index (χ0v) is 16.4. The van der Waals surface area contributed by atoms with E-state index < -0.39 is 0 Å². The molecule has 1 atom stereocenters. The van der Waals surface area contributed by atoms with E-state index >= 15 is 0 Å². The van der Waals surface area contributed by atoms with Crippen LogP contribution in [0.2, 0.25) is 0 Å². The summed E-state index contributed by atoms with van der Waals surface area (Å²) in [6.45, 7) is 5.99. The molecule has 26 heavy (non-hydrogen) atoms. The van der Waals surface area contributed by atoms with Crippen LogP contribution in [0, 0.1) is 17.2 Å². The van der Waals surface area contributed by atoms with Crippen molar-refractivity contribution in [1.82, 2.24) is 9.80 Å². The summed E-state index contributed by atoms with van der Waals surface area (Å²) in [6, 6.07) is 10.0. The fraction of sp³-hybridized carbons (Fsp3) is 0.500. The minimum absolute atomic E-state index is 0.0987. The summed E-state index contributed by atoms with van der Waals surface area (Å²) in [5.41, 5.74) is 1.70. The maximum Gasteiger partial charge on any atom is 0.229 e. The number of carbonyl (C=O) groups excluding carboxylic acids is 1. The number of benzene rings is 1. The lowest BCUT2D eigenvalue weighted by atomic mass is 9.86. The first-order valence-corrected chi connectivity index (χ1v) is 9.95. The van der Waals surface area contributed by atoms with Crippen LogP contribution in [0.4, 0.5) is 0 Å². The van der Waals surface area contributed by atoms with E-state index in [0.29, 0.717) is 24.6 Å². The van der Waals surface area contributed by atoms with Crippen molar-refractivity contribution in [3.8, 4) is 11.8 Å². The standard InChI is InChI=1S/C20H25N3O2S/c1-14(2)8-9-22-12-23-19(24)10-17(18(11-21)20(23)26-13-22)15-4-6-16(25-3)7-5-15/h4-7,14,17H,8-10,12-13H2,1-3H3/t17-/m0/s1. The summed E-state index contributed by atoms with van der Waals surface area (Å²) in [5, 5.41) is 10.6. The Bertz CT molecular complexity index is 736. The largest absolute Gasteiger partial charge is 0.497 e. The molecular formula is C20H25N3O2S. The molecule has 0 bridgehead atoms. The van der Waals surface area contributed by atoms with E-state index in [1.165, 1.54) is 0 Å². The average Bonchev–Trinajstić information content (AvgIpc) is 2.66. The SMILES string of the molecule is COc1ccc([C@@H]2CC(=O)N3CN(CCC(C)C)CSC3=C2C#N)cc1. The van der Waals surface area contributed by atoms with Crippen molar-refractivity contribution >= 4 is 17.7 Å². The molecule has 1 aromatic carbocycles.